The van der Waals surface area contributed by atoms with E-state index in [-0.39, 0.29) is 11.4 Å². The van der Waals surface area contributed by atoms with Gasteiger partial charge in [-0.25, -0.2) is 4.39 Å². The molecule has 1 atom stereocenters. The number of benzene rings is 1. The van der Waals surface area contributed by atoms with Crippen molar-refractivity contribution in [2.24, 2.45) is 5.73 Å². The Morgan fingerprint density at radius 1 is 1.33 bits per heavy atom. The lowest BCUT2D eigenvalue weighted by molar-refractivity contribution is 0.141. The highest BCUT2D eigenvalue weighted by Crippen LogP contribution is 2.27. The normalized spacial score (nSPS) is 24.6. The number of nitrogens with one attached hydrogen (secondary N) is 1. The van der Waals surface area contributed by atoms with Crippen molar-refractivity contribution < 1.29 is 9.13 Å². The first-order valence-electron chi connectivity index (χ1n) is 6.16. The number of anilines is 1. The average Bonchev–Trinajstić information content (AvgIpc) is 2.54. The first-order chi connectivity index (χ1) is 8.63. The molecule has 0 aliphatic carbocycles. The zero-order valence-corrected chi connectivity index (χ0v) is 11.0. The van der Waals surface area contributed by atoms with Gasteiger partial charge in [0.05, 0.1) is 5.54 Å². The molecule has 0 aromatic heterocycles. The molecule has 0 spiro atoms. The van der Waals surface area contributed by atoms with E-state index < -0.39 is 0 Å². The molecule has 1 aliphatic heterocycles. The van der Waals surface area contributed by atoms with Crippen molar-refractivity contribution in [3.05, 3.63) is 29.0 Å². The van der Waals surface area contributed by atoms with Gasteiger partial charge in [0.1, 0.15) is 5.82 Å². The SMILES string of the molecule is NCC1(Nc2cc(F)cc(Cl)c2)CCCOCC1. The van der Waals surface area contributed by atoms with Gasteiger partial charge in [0.15, 0.2) is 0 Å². The molecule has 1 aromatic carbocycles. The van der Waals surface area contributed by atoms with Gasteiger partial charge in [0.25, 0.3) is 0 Å². The van der Waals surface area contributed by atoms with E-state index in [9.17, 15) is 4.39 Å². The number of nitrogens with two attached hydrogens (primary N) is 1. The molecule has 2 rings (SSSR count). The minimum atomic E-state index is -0.345. The van der Waals surface area contributed by atoms with Gasteiger partial charge in [-0.05, 0) is 37.5 Å². The van der Waals surface area contributed by atoms with Crippen LogP contribution in [-0.2, 0) is 4.74 Å². The van der Waals surface area contributed by atoms with E-state index in [1.165, 1.54) is 12.1 Å². The van der Waals surface area contributed by atoms with Crippen LogP contribution >= 0.6 is 11.6 Å². The van der Waals surface area contributed by atoms with Crippen molar-refractivity contribution in [3.63, 3.8) is 0 Å². The van der Waals surface area contributed by atoms with Crippen LogP contribution in [0.2, 0.25) is 5.02 Å². The predicted octanol–water partition coefficient (Wildman–Crippen LogP) is 2.79. The molecule has 3 N–H and O–H groups in total. The number of hydrogen-bond acceptors (Lipinski definition) is 3. The molecule has 1 fully saturated rings. The molecule has 3 nitrogen and oxygen atoms in total. The van der Waals surface area contributed by atoms with Gasteiger partial charge >= 0.3 is 0 Å². The van der Waals surface area contributed by atoms with E-state index in [4.69, 9.17) is 22.1 Å². The molecule has 0 saturated carbocycles. The molecule has 1 aromatic rings. The number of hydrogen-bond donors (Lipinski definition) is 2. The maximum atomic E-state index is 13.3. The molecule has 1 aliphatic rings. The van der Waals surface area contributed by atoms with Gasteiger partial charge in [-0.3, -0.25) is 0 Å². The fourth-order valence-electron chi connectivity index (χ4n) is 2.32. The third-order valence-electron chi connectivity index (χ3n) is 3.33. The largest absolute Gasteiger partial charge is 0.381 e. The third kappa shape index (κ3) is 3.34. The Kier molecular flexibility index (Phi) is 4.43. The Morgan fingerprint density at radius 2 is 2.17 bits per heavy atom. The number of ether oxygens (including phenoxy) is 1. The van der Waals surface area contributed by atoms with Gasteiger partial charge in [-0.15, -0.1) is 0 Å². The summed E-state index contributed by atoms with van der Waals surface area (Å²) < 4.78 is 18.8. The predicted molar refractivity (Wildman–Crippen MR) is 71.5 cm³/mol. The molecule has 18 heavy (non-hydrogen) atoms. The molecule has 100 valence electrons. The van der Waals surface area contributed by atoms with Crippen LogP contribution in [0.5, 0.6) is 0 Å². The van der Waals surface area contributed by atoms with E-state index >= 15 is 0 Å². The van der Waals surface area contributed by atoms with E-state index in [1.54, 1.807) is 6.07 Å². The van der Waals surface area contributed by atoms with Gasteiger partial charge < -0.3 is 15.8 Å². The Hall–Kier alpha value is -0.840. The molecule has 1 heterocycles. The third-order valence-corrected chi connectivity index (χ3v) is 3.55. The Bertz CT molecular complexity index is 386. The fourth-order valence-corrected chi connectivity index (χ4v) is 2.54. The summed E-state index contributed by atoms with van der Waals surface area (Å²) in [4.78, 5) is 0. The summed E-state index contributed by atoms with van der Waals surface area (Å²) in [5.41, 5.74) is 6.33. The minimum Gasteiger partial charge on any atom is -0.381 e. The topological polar surface area (TPSA) is 47.3 Å². The summed E-state index contributed by atoms with van der Waals surface area (Å²) in [5, 5.41) is 3.72. The first kappa shape index (κ1) is 13.6. The maximum Gasteiger partial charge on any atom is 0.126 e. The molecule has 0 amide bonds. The van der Waals surface area contributed by atoms with Crippen LogP contribution in [0.1, 0.15) is 19.3 Å². The highest BCUT2D eigenvalue weighted by atomic mass is 35.5. The molecule has 0 radical (unpaired) electrons. The van der Waals surface area contributed by atoms with Crippen LogP contribution < -0.4 is 11.1 Å². The maximum absolute atomic E-state index is 13.3. The van der Waals surface area contributed by atoms with Crippen molar-refractivity contribution in [3.8, 4) is 0 Å². The molecular weight excluding hydrogens is 255 g/mol. The lowest BCUT2D eigenvalue weighted by Gasteiger charge is -2.33. The second-order valence-electron chi connectivity index (χ2n) is 4.73. The summed E-state index contributed by atoms with van der Waals surface area (Å²) in [5.74, 6) is -0.345. The standard InChI is InChI=1S/C13H18ClFN2O/c14-10-6-11(15)8-12(7-10)17-13(9-16)2-1-4-18-5-3-13/h6-8,17H,1-5,9,16H2. The quantitative estimate of drug-likeness (QED) is 0.889. The summed E-state index contributed by atoms with van der Waals surface area (Å²) in [6.45, 7) is 1.92. The monoisotopic (exact) mass is 272 g/mol. The van der Waals surface area contributed by atoms with E-state index in [1.807, 2.05) is 0 Å². The zero-order valence-electron chi connectivity index (χ0n) is 10.2. The molecule has 5 heteroatoms. The van der Waals surface area contributed by atoms with Crippen LogP contribution in [0, 0.1) is 5.82 Å². The Labute approximate surface area is 111 Å². The van der Waals surface area contributed by atoms with Crippen LogP contribution in [0.25, 0.3) is 0 Å². The Morgan fingerprint density at radius 3 is 2.89 bits per heavy atom. The van der Waals surface area contributed by atoms with Gasteiger partial charge in [0, 0.05) is 30.5 Å². The Balaban J connectivity index is 2.17. The van der Waals surface area contributed by atoms with Gasteiger partial charge in [-0.1, -0.05) is 11.6 Å². The lowest BCUT2D eigenvalue weighted by atomic mass is 9.90. The molecule has 1 saturated heterocycles. The second kappa shape index (κ2) is 5.87. The molecule has 0 bridgehead atoms. The van der Waals surface area contributed by atoms with E-state index in [0.717, 1.165) is 25.9 Å². The van der Waals surface area contributed by atoms with Crippen LogP contribution in [0.3, 0.4) is 0 Å². The smallest absolute Gasteiger partial charge is 0.126 e. The van der Waals surface area contributed by atoms with Crippen LogP contribution in [0.4, 0.5) is 10.1 Å². The van der Waals surface area contributed by atoms with E-state index in [0.29, 0.717) is 23.9 Å². The van der Waals surface area contributed by atoms with Crippen molar-refractivity contribution >= 4 is 17.3 Å². The minimum absolute atomic E-state index is 0.229. The average molecular weight is 273 g/mol. The summed E-state index contributed by atoms with van der Waals surface area (Å²) >= 11 is 5.85. The number of halogens is 2. The second-order valence-corrected chi connectivity index (χ2v) is 5.17. The highest BCUT2D eigenvalue weighted by molar-refractivity contribution is 6.30. The molecule has 1 unspecified atom stereocenters. The van der Waals surface area contributed by atoms with Crippen molar-refractivity contribution in [2.75, 3.05) is 25.1 Å². The summed E-state index contributed by atoms with van der Waals surface area (Å²) in [6.07, 6.45) is 2.68. The first-order valence-corrected chi connectivity index (χ1v) is 6.53. The lowest BCUT2D eigenvalue weighted by Crippen LogP contribution is -2.45. The zero-order chi connectivity index (χ0) is 13.0. The van der Waals surface area contributed by atoms with Crippen molar-refractivity contribution in [2.45, 2.75) is 24.8 Å². The van der Waals surface area contributed by atoms with Crippen molar-refractivity contribution in [1.29, 1.82) is 0 Å². The fraction of sp³-hybridized carbons (Fsp3) is 0.538. The van der Waals surface area contributed by atoms with E-state index in [2.05, 4.69) is 5.32 Å². The summed E-state index contributed by atoms with van der Waals surface area (Å²) in [7, 11) is 0. The van der Waals surface area contributed by atoms with Crippen molar-refractivity contribution in [1.82, 2.24) is 0 Å². The van der Waals surface area contributed by atoms with Crippen LogP contribution in [-0.4, -0.2) is 25.3 Å². The highest BCUT2D eigenvalue weighted by Gasteiger charge is 2.29. The molecular formula is C13H18ClFN2O. The van der Waals surface area contributed by atoms with Gasteiger partial charge in [-0.2, -0.15) is 0 Å². The number of rotatable bonds is 3. The van der Waals surface area contributed by atoms with Crippen LogP contribution in [0.15, 0.2) is 18.2 Å². The summed E-state index contributed by atoms with van der Waals surface area (Å²) in [6, 6.07) is 4.45. The van der Waals surface area contributed by atoms with Gasteiger partial charge in [0.2, 0.25) is 0 Å².